The standard InChI is InChI=1S/C31H38ClN3O4S/c1-5-6-18-33-31(37)29(20-25-12-8-7-9-13-25)34(21-26-14-10-11-15-27(26)32)30(36)22-35(40(4,38)39)28-19-23(2)16-17-24(28)3/h7-17,19,29H,5-6,18,20-22H2,1-4H3,(H,33,37). The maximum Gasteiger partial charge on any atom is 0.244 e. The summed E-state index contributed by atoms with van der Waals surface area (Å²) >= 11 is 6.49. The van der Waals surface area contributed by atoms with Crippen LogP contribution in [0.2, 0.25) is 5.02 Å². The van der Waals surface area contributed by atoms with E-state index in [1.54, 1.807) is 31.2 Å². The number of nitrogens with zero attached hydrogens (tertiary/aromatic N) is 2. The number of unbranched alkanes of at least 4 members (excludes halogenated alkanes) is 1. The van der Waals surface area contributed by atoms with Crippen molar-refractivity contribution >= 4 is 39.1 Å². The van der Waals surface area contributed by atoms with Gasteiger partial charge in [-0.3, -0.25) is 13.9 Å². The summed E-state index contributed by atoms with van der Waals surface area (Å²) in [6.07, 6.45) is 3.05. The van der Waals surface area contributed by atoms with Crippen LogP contribution in [-0.4, -0.2) is 50.5 Å². The molecule has 0 spiro atoms. The van der Waals surface area contributed by atoms with E-state index in [-0.39, 0.29) is 18.9 Å². The normalized spacial score (nSPS) is 12.0. The second-order valence-electron chi connectivity index (χ2n) is 10.0. The molecule has 0 saturated heterocycles. The summed E-state index contributed by atoms with van der Waals surface area (Å²) in [6.45, 7) is 5.77. The number of anilines is 1. The van der Waals surface area contributed by atoms with E-state index in [9.17, 15) is 18.0 Å². The molecule has 3 rings (SSSR count). The van der Waals surface area contributed by atoms with Crippen LogP contribution in [0.1, 0.15) is 42.0 Å². The SMILES string of the molecule is CCCCNC(=O)C(Cc1ccccc1)N(Cc1ccccc1Cl)C(=O)CN(c1cc(C)ccc1C)S(C)(=O)=O. The van der Waals surface area contributed by atoms with Crippen LogP contribution in [0.3, 0.4) is 0 Å². The molecule has 0 saturated carbocycles. The highest BCUT2D eigenvalue weighted by Gasteiger charge is 2.33. The third kappa shape index (κ3) is 8.57. The first-order chi connectivity index (χ1) is 19.0. The molecule has 7 nitrogen and oxygen atoms in total. The summed E-state index contributed by atoms with van der Waals surface area (Å²) in [5.74, 6) is -0.798. The van der Waals surface area contributed by atoms with Crippen LogP contribution in [0.25, 0.3) is 0 Å². The van der Waals surface area contributed by atoms with E-state index in [1.807, 2.05) is 62.4 Å². The number of halogens is 1. The highest BCUT2D eigenvalue weighted by molar-refractivity contribution is 7.92. The van der Waals surface area contributed by atoms with Crippen molar-refractivity contribution in [2.24, 2.45) is 0 Å². The van der Waals surface area contributed by atoms with Gasteiger partial charge in [0, 0.05) is 24.5 Å². The molecule has 1 atom stereocenters. The minimum absolute atomic E-state index is 0.0433. The first-order valence-corrected chi connectivity index (χ1v) is 15.6. The molecule has 0 aliphatic rings. The zero-order valence-corrected chi connectivity index (χ0v) is 25.1. The van der Waals surface area contributed by atoms with E-state index in [0.29, 0.717) is 22.8 Å². The van der Waals surface area contributed by atoms with Crippen molar-refractivity contribution < 1.29 is 18.0 Å². The van der Waals surface area contributed by atoms with Gasteiger partial charge in [0.1, 0.15) is 12.6 Å². The zero-order valence-electron chi connectivity index (χ0n) is 23.6. The van der Waals surface area contributed by atoms with Crippen molar-refractivity contribution in [3.05, 3.63) is 100 Å². The van der Waals surface area contributed by atoms with E-state index in [1.165, 1.54) is 4.90 Å². The number of carbonyl (C=O) groups is 2. The van der Waals surface area contributed by atoms with Crippen LogP contribution < -0.4 is 9.62 Å². The first-order valence-electron chi connectivity index (χ1n) is 13.4. The van der Waals surface area contributed by atoms with Crippen molar-refractivity contribution in [1.82, 2.24) is 10.2 Å². The fourth-order valence-electron chi connectivity index (χ4n) is 4.45. The van der Waals surface area contributed by atoms with Crippen molar-refractivity contribution in [2.45, 2.75) is 52.6 Å². The molecule has 0 bridgehead atoms. The monoisotopic (exact) mass is 583 g/mol. The van der Waals surface area contributed by atoms with Crippen LogP contribution in [0.4, 0.5) is 5.69 Å². The van der Waals surface area contributed by atoms with E-state index >= 15 is 0 Å². The number of hydrogen-bond acceptors (Lipinski definition) is 4. The lowest BCUT2D eigenvalue weighted by Gasteiger charge is -2.34. The van der Waals surface area contributed by atoms with Gasteiger partial charge in [0.15, 0.2) is 0 Å². The molecule has 0 heterocycles. The average Bonchev–Trinajstić information content (AvgIpc) is 2.91. The van der Waals surface area contributed by atoms with Gasteiger partial charge in [-0.1, -0.05) is 85.6 Å². The Hall–Kier alpha value is -3.36. The van der Waals surface area contributed by atoms with Gasteiger partial charge in [-0.15, -0.1) is 0 Å². The Bertz CT molecular complexity index is 1410. The molecule has 9 heteroatoms. The molecule has 3 aromatic carbocycles. The number of nitrogens with one attached hydrogen (secondary N) is 1. The fraction of sp³-hybridized carbons (Fsp3) is 0.355. The molecule has 0 radical (unpaired) electrons. The zero-order chi connectivity index (χ0) is 29.3. The Kier molecular flexibility index (Phi) is 11.2. The molecule has 0 aromatic heterocycles. The van der Waals surface area contributed by atoms with Crippen LogP contribution in [0.5, 0.6) is 0 Å². The van der Waals surface area contributed by atoms with Crippen LogP contribution in [0, 0.1) is 13.8 Å². The highest BCUT2D eigenvalue weighted by atomic mass is 35.5. The second-order valence-corrected chi connectivity index (χ2v) is 12.3. The van der Waals surface area contributed by atoms with E-state index in [2.05, 4.69) is 5.32 Å². The van der Waals surface area contributed by atoms with Gasteiger partial charge in [-0.2, -0.15) is 0 Å². The van der Waals surface area contributed by atoms with Crippen molar-refractivity contribution in [3.8, 4) is 0 Å². The summed E-state index contributed by atoms with van der Waals surface area (Å²) in [6, 6.07) is 21.2. The second kappa shape index (κ2) is 14.3. The molecular weight excluding hydrogens is 546 g/mol. The smallest absolute Gasteiger partial charge is 0.244 e. The van der Waals surface area contributed by atoms with Crippen molar-refractivity contribution in [3.63, 3.8) is 0 Å². The number of aryl methyl sites for hydroxylation is 2. The molecule has 0 aliphatic heterocycles. The third-order valence-corrected chi connectivity index (χ3v) is 8.21. The van der Waals surface area contributed by atoms with Gasteiger partial charge >= 0.3 is 0 Å². The number of benzene rings is 3. The number of amides is 2. The molecule has 0 aliphatic carbocycles. The largest absolute Gasteiger partial charge is 0.354 e. The van der Waals surface area contributed by atoms with Gasteiger partial charge < -0.3 is 10.2 Å². The fourth-order valence-corrected chi connectivity index (χ4v) is 5.55. The Morgan fingerprint density at radius 1 is 0.975 bits per heavy atom. The predicted molar refractivity (Wildman–Crippen MR) is 162 cm³/mol. The molecule has 0 fully saturated rings. The molecule has 214 valence electrons. The van der Waals surface area contributed by atoms with Gasteiger partial charge in [-0.25, -0.2) is 8.42 Å². The van der Waals surface area contributed by atoms with E-state index < -0.39 is 28.5 Å². The Balaban J connectivity index is 2.07. The van der Waals surface area contributed by atoms with Crippen molar-refractivity contribution in [2.75, 3.05) is 23.7 Å². The number of rotatable bonds is 13. The Morgan fingerprint density at radius 3 is 2.30 bits per heavy atom. The van der Waals surface area contributed by atoms with Gasteiger partial charge in [-0.05, 0) is 54.7 Å². The third-order valence-electron chi connectivity index (χ3n) is 6.71. The Morgan fingerprint density at radius 2 is 1.65 bits per heavy atom. The molecule has 1 unspecified atom stereocenters. The average molecular weight is 584 g/mol. The molecule has 1 N–H and O–H groups in total. The quantitative estimate of drug-likeness (QED) is 0.277. The number of carbonyl (C=O) groups excluding carboxylic acids is 2. The van der Waals surface area contributed by atoms with E-state index in [4.69, 9.17) is 11.6 Å². The lowest BCUT2D eigenvalue weighted by Crippen LogP contribution is -2.53. The lowest BCUT2D eigenvalue weighted by atomic mass is 10.0. The highest BCUT2D eigenvalue weighted by Crippen LogP contribution is 2.26. The summed E-state index contributed by atoms with van der Waals surface area (Å²) in [5, 5.41) is 3.43. The molecule has 2 amide bonds. The first kappa shape index (κ1) is 31.2. The van der Waals surface area contributed by atoms with Gasteiger partial charge in [0.25, 0.3) is 0 Å². The molecule has 40 heavy (non-hydrogen) atoms. The lowest BCUT2D eigenvalue weighted by molar-refractivity contribution is -0.140. The summed E-state index contributed by atoms with van der Waals surface area (Å²) in [5.41, 5.74) is 3.56. The maximum absolute atomic E-state index is 14.1. The van der Waals surface area contributed by atoms with Crippen LogP contribution in [-0.2, 0) is 32.6 Å². The molecular formula is C31H38ClN3O4S. The number of hydrogen-bond donors (Lipinski definition) is 1. The molecule has 3 aromatic rings. The minimum Gasteiger partial charge on any atom is -0.354 e. The van der Waals surface area contributed by atoms with Crippen LogP contribution >= 0.6 is 11.6 Å². The van der Waals surface area contributed by atoms with Gasteiger partial charge in [0.2, 0.25) is 21.8 Å². The minimum atomic E-state index is -3.83. The summed E-state index contributed by atoms with van der Waals surface area (Å²) in [4.78, 5) is 29.2. The number of sulfonamides is 1. The van der Waals surface area contributed by atoms with Crippen LogP contribution in [0.15, 0.2) is 72.8 Å². The van der Waals surface area contributed by atoms with Gasteiger partial charge in [0.05, 0.1) is 11.9 Å². The topological polar surface area (TPSA) is 86.8 Å². The van der Waals surface area contributed by atoms with E-state index in [0.717, 1.165) is 40.1 Å². The predicted octanol–water partition coefficient (Wildman–Crippen LogP) is 5.28. The maximum atomic E-state index is 14.1. The van der Waals surface area contributed by atoms with Crippen molar-refractivity contribution in [1.29, 1.82) is 0 Å². The Labute approximate surface area is 243 Å². The summed E-state index contributed by atoms with van der Waals surface area (Å²) in [7, 11) is -3.83. The summed E-state index contributed by atoms with van der Waals surface area (Å²) < 4.78 is 27.1.